The summed E-state index contributed by atoms with van der Waals surface area (Å²) in [6.07, 6.45) is 14.6. The Balaban J connectivity index is 1.22. The van der Waals surface area contributed by atoms with Gasteiger partial charge in [-0.05, 0) is 129 Å². The van der Waals surface area contributed by atoms with Crippen LogP contribution in [-0.2, 0) is 0 Å². The molecule has 0 heterocycles. The Bertz CT molecular complexity index is 948. The Hall–Kier alpha value is -1.56. The van der Waals surface area contributed by atoms with Gasteiger partial charge in [0.2, 0.25) is 0 Å². The fourth-order valence-electron chi connectivity index (χ4n) is 10.4. The van der Waals surface area contributed by atoms with Crippen molar-refractivity contribution in [3.8, 4) is 0 Å². The molecule has 4 aliphatic carbocycles. The summed E-state index contributed by atoms with van der Waals surface area (Å²) in [4.78, 5) is 0. The number of hydrogen-bond acceptors (Lipinski definition) is 0. The van der Waals surface area contributed by atoms with Crippen molar-refractivity contribution in [1.29, 1.82) is 0 Å². The first kappa shape index (κ1) is 23.8. The third kappa shape index (κ3) is 4.22. The van der Waals surface area contributed by atoms with E-state index < -0.39 is 0 Å². The van der Waals surface area contributed by atoms with Gasteiger partial charge in [0.25, 0.3) is 0 Å². The van der Waals surface area contributed by atoms with Crippen molar-refractivity contribution in [2.75, 3.05) is 0 Å². The minimum absolute atomic E-state index is 0.488. The van der Waals surface area contributed by atoms with Crippen LogP contribution in [0.1, 0.15) is 112 Å². The SMILES string of the molecule is Cc1cccc(C2CCCC3C2CCC3C(C)(C)C2CCC3C(c4cccc(C)c4)CCCC32)c1. The van der Waals surface area contributed by atoms with Gasteiger partial charge in [0.15, 0.2) is 0 Å². The zero-order chi connectivity index (χ0) is 24.2. The quantitative estimate of drug-likeness (QED) is 0.419. The molecule has 0 N–H and O–H groups in total. The highest BCUT2D eigenvalue weighted by Gasteiger charge is 2.54. The molecule has 35 heavy (non-hydrogen) atoms. The molecule has 0 spiro atoms. The van der Waals surface area contributed by atoms with Gasteiger partial charge in [0.05, 0.1) is 0 Å². The van der Waals surface area contributed by atoms with Crippen molar-refractivity contribution in [1.82, 2.24) is 0 Å². The van der Waals surface area contributed by atoms with Gasteiger partial charge < -0.3 is 0 Å². The first-order chi connectivity index (χ1) is 16.9. The van der Waals surface area contributed by atoms with Gasteiger partial charge >= 0.3 is 0 Å². The molecule has 4 saturated carbocycles. The van der Waals surface area contributed by atoms with E-state index >= 15 is 0 Å². The number of rotatable bonds is 4. The van der Waals surface area contributed by atoms with E-state index in [-0.39, 0.29) is 0 Å². The Morgan fingerprint density at radius 2 is 1.00 bits per heavy atom. The Kier molecular flexibility index (Phi) is 6.39. The molecule has 188 valence electrons. The van der Waals surface area contributed by atoms with E-state index in [1.807, 2.05) is 0 Å². The van der Waals surface area contributed by atoms with Crippen molar-refractivity contribution in [2.24, 2.45) is 40.9 Å². The summed E-state index contributed by atoms with van der Waals surface area (Å²) in [5.41, 5.74) is 6.66. The van der Waals surface area contributed by atoms with E-state index in [9.17, 15) is 0 Å². The van der Waals surface area contributed by atoms with Crippen molar-refractivity contribution >= 4 is 0 Å². The Labute approximate surface area is 215 Å². The minimum Gasteiger partial charge on any atom is -0.0617 e. The number of fused-ring (bicyclic) bond motifs is 2. The molecule has 8 atom stereocenters. The van der Waals surface area contributed by atoms with E-state index in [0.717, 1.165) is 47.3 Å². The number of aryl methyl sites for hydroxylation is 2. The van der Waals surface area contributed by atoms with Gasteiger partial charge in [0.1, 0.15) is 0 Å². The zero-order valence-electron chi connectivity index (χ0n) is 22.8. The highest BCUT2D eigenvalue weighted by atomic mass is 14.6. The highest BCUT2D eigenvalue weighted by molar-refractivity contribution is 5.28. The standard InChI is InChI=1S/C35H48/c1-23-9-5-11-25(21-23)27-13-7-15-31-29(27)17-19-33(31)35(3,4)34-20-18-30-28(14-8-16-32(30)34)26-12-6-10-24(2)22-26/h5-6,9-12,21-22,27-34H,7-8,13-20H2,1-4H3. The molecule has 0 aliphatic heterocycles. The molecule has 4 aliphatic rings. The minimum atomic E-state index is 0.488. The fourth-order valence-corrected chi connectivity index (χ4v) is 10.4. The molecule has 4 fully saturated rings. The predicted octanol–water partition coefficient (Wildman–Crippen LogP) is 9.85. The topological polar surface area (TPSA) is 0 Å². The molecule has 0 radical (unpaired) electrons. The molecule has 0 amide bonds. The summed E-state index contributed by atoms with van der Waals surface area (Å²) >= 11 is 0. The van der Waals surface area contributed by atoms with Crippen LogP contribution >= 0.6 is 0 Å². The highest BCUT2D eigenvalue weighted by Crippen LogP contribution is 2.63. The van der Waals surface area contributed by atoms with Crippen molar-refractivity contribution in [2.45, 2.75) is 104 Å². The second-order valence-corrected chi connectivity index (χ2v) is 13.7. The van der Waals surface area contributed by atoms with Crippen molar-refractivity contribution < 1.29 is 0 Å². The lowest BCUT2D eigenvalue weighted by Crippen LogP contribution is -2.41. The van der Waals surface area contributed by atoms with E-state index in [1.165, 1.54) is 75.3 Å². The molecule has 0 bridgehead atoms. The van der Waals surface area contributed by atoms with E-state index in [2.05, 4.69) is 76.2 Å². The summed E-state index contributed by atoms with van der Waals surface area (Å²) in [5.74, 6) is 7.26. The lowest BCUT2D eigenvalue weighted by molar-refractivity contribution is 0.0205. The number of hydrogen-bond donors (Lipinski definition) is 0. The van der Waals surface area contributed by atoms with Crippen LogP contribution in [0.25, 0.3) is 0 Å². The summed E-state index contributed by atoms with van der Waals surface area (Å²) in [6, 6.07) is 19.0. The van der Waals surface area contributed by atoms with Gasteiger partial charge in [-0.3, -0.25) is 0 Å². The second-order valence-electron chi connectivity index (χ2n) is 13.7. The molecule has 0 heteroatoms. The molecule has 2 aromatic rings. The lowest BCUT2D eigenvalue weighted by atomic mass is 9.57. The summed E-state index contributed by atoms with van der Waals surface area (Å²) in [7, 11) is 0. The molecule has 0 saturated heterocycles. The average molecular weight is 469 g/mol. The van der Waals surface area contributed by atoms with Gasteiger partial charge in [0, 0.05) is 0 Å². The molecular formula is C35H48. The van der Waals surface area contributed by atoms with Crippen LogP contribution in [0.4, 0.5) is 0 Å². The van der Waals surface area contributed by atoms with Gasteiger partial charge in [-0.2, -0.15) is 0 Å². The number of benzene rings is 2. The first-order valence-electron chi connectivity index (χ1n) is 15.1. The van der Waals surface area contributed by atoms with Crippen LogP contribution in [-0.4, -0.2) is 0 Å². The second kappa shape index (κ2) is 9.39. The normalized spacial score (nSPS) is 37.1. The van der Waals surface area contributed by atoms with Crippen LogP contribution in [0.5, 0.6) is 0 Å². The molecule has 2 aromatic carbocycles. The maximum atomic E-state index is 2.72. The van der Waals surface area contributed by atoms with Crippen LogP contribution in [0, 0.1) is 54.8 Å². The Morgan fingerprint density at radius 3 is 1.43 bits per heavy atom. The fraction of sp³-hybridized carbons (Fsp3) is 0.657. The molecular weight excluding hydrogens is 420 g/mol. The van der Waals surface area contributed by atoms with Gasteiger partial charge in [-0.15, -0.1) is 0 Å². The van der Waals surface area contributed by atoms with Crippen molar-refractivity contribution in [3.63, 3.8) is 0 Å². The third-order valence-corrected chi connectivity index (χ3v) is 11.7. The van der Waals surface area contributed by atoms with E-state index in [1.54, 1.807) is 11.1 Å². The average Bonchev–Trinajstić information content (AvgIpc) is 3.49. The first-order valence-corrected chi connectivity index (χ1v) is 15.1. The van der Waals surface area contributed by atoms with Crippen LogP contribution in [0.15, 0.2) is 48.5 Å². The monoisotopic (exact) mass is 468 g/mol. The third-order valence-electron chi connectivity index (χ3n) is 11.7. The van der Waals surface area contributed by atoms with E-state index in [0.29, 0.717) is 5.41 Å². The van der Waals surface area contributed by atoms with E-state index in [4.69, 9.17) is 0 Å². The molecule has 0 nitrogen and oxygen atoms in total. The maximum absolute atomic E-state index is 2.72. The van der Waals surface area contributed by atoms with Crippen LogP contribution in [0.2, 0.25) is 0 Å². The molecule has 6 rings (SSSR count). The molecule has 0 aromatic heterocycles. The largest absolute Gasteiger partial charge is 0.0617 e. The van der Waals surface area contributed by atoms with Crippen LogP contribution < -0.4 is 0 Å². The van der Waals surface area contributed by atoms with Crippen molar-refractivity contribution in [3.05, 3.63) is 70.8 Å². The van der Waals surface area contributed by atoms with Crippen LogP contribution in [0.3, 0.4) is 0 Å². The lowest BCUT2D eigenvalue weighted by Gasteiger charge is -2.48. The molecule has 8 unspecified atom stereocenters. The zero-order valence-corrected chi connectivity index (χ0v) is 22.8. The smallest absolute Gasteiger partial charge is 0.0131 e. The predicted molar refractivity (Wildman–Crippen MR) is 149 cm³/mol. The summed E-state index contributed by atoms with van der Waals surface area (Å²) in [5, 5.41) is 0. The Morgan fingerprint density at radius 1 is 0.543 bits per heavy atom. The summed E-state index contributed by atoms with van der Waals surface area (Å²) < 4.78 is 0. The summed E-state index contributed by atoms with van der Waals surface area (Å²) in [6.45, 7) is 9.99. The van der Waals surface area contributed by atoms with Gasteiger partial charge in [-0.1, -0.05) is 86.3 Å². The van der Waals surface area contributed by atoms with Gasteiger partial charge in [-0.25, -0.2) is 0 Å². The maximum Gasteiger partial charge on any atom is -0.0131 e.